The first-order valence-electron chi connectivity index (χ1n) is 11.2. The zero-order chi connectivity index (χ0) is 22.7. The molecule has 4 heterocycles. The van der Waals surface area contributed by atoms with E-state index in [9.17, 15) is 5.11 Å². The molecule has 32 heavy (non-hydrogen) atoms. The Morgan fingerprint density at radius 2 is 1.28 bits per heavy atom. The quantitative estimate of drug-likeness (QED) is 0.412. The first-order chi connectivity index (χ1) is 15.1. The Morgan fingerprint density at radius 1 is 0.781 bits per heavy atom. The molecule has 2 aliphatic rings. The van der Waals surface area contributed by atoms with Crippen molar-refractivity contribution < 1.29 is 9.84 Å². The third kappa shape index (κ3) is 2.37. The van der Waals surface area contributed by atoms with E-state index < -0.39 is 16.1 Å². The lowest BCUT2D eigenvalue weighted by Crippen LogP contribution is -2.51. The van der Waals surface area contributed by atoms with E-state index in [2.05, 4.69) is 64.3 Å². The molecule has 0 bridgehead atoms. The molecule has 0 saturated carbocycles. The number of hydrogen-bond donors (Lipinski definition) is 1. The molecular weight excluding hydrogens is 465 g/mol. The molecule has 2 aromatic heterocycles. The Bertz CT molecular complexity index is 1360. The van der Waals surface area contributed by atoms with Gasteiger partial charge in [0.2, 0.25) is 0 Å². The van der Waals surface area contributed by atoms with Crippen LogP contribution in [-0.4, -0.2) is 28.4 Å². The SMILES string of the molecule is COc1cc2c3c(c(CO)cc2c2c1-c1sc(C)cc1[Si]2(C)C)-c1sc(C)cc1[Si]3(C)C. The maximum Gasteiger partial charge on any atom is 0.128 e. The lowest BCUT2D eigenvalue weighted by atomic mass is 9.97. The van der Waals surface area contributed by atoms with Crippen LogP contribution >= 0.6 is 22.7 Å². The molecule has 164 valence electrons. The van der Waals surface area contributed by atoms with Crippen LogP contribution in [0, 0.1) is 13.8 Å². The number of aliphatic hydroxyl groups is 1. The summed E-state index contributed by atoms with van der Waals surface area (Å²) in [6.07, 6.45) is 0. The Hall–Kier alpha value is -1.71. The van der Waals surface area contributed by atoms with Gasteiger partial charge in [-0.2, -0.15) is 0 Å². The monoisotopic (exact) mass is 492 g/mol. The Labute approximate surface area is 199 Å². The summed E-state index contributed by atoms with van der Waals surface area (Å²) in [5.41, 5.74) is 3.73. The smallest absolute Gasteiger partial charge is 0.128 e. The summed E-state index contributed by atoms with van der Waals surface area (Å²) >= 11 is 3.79. The molecule has 0 saturated heterocycles. The second-order valence-electron chi connectivity index (χ2n) is 10.3. The van der Waals surface area contributed by atoms with Gasteiger partial charge in [-0.3, -0.25) is 0 Å². The number of ether oxygens (including phenoxy) is 1. The van der Waals surface area contributed by atoms with Gasteiger partial charge in [0.1, 0.15) is 21.9 Å². The fourth-order valence-corrected chi connectivity index (χ4v) is 17.1. The van der Waals surface area contributed by atoms with E-state index in [0.29, 0.717) is 0 Å². The molecule has 4 aromatic rings. The van der Waals surface area contributed by atoms with Crippen molar-refractivity contribution in [2.24, 2.45) is 0 Å². The average molecular weight is 493 g/mol. The lowest BCUT2D eigenvalue weighted by Gasteiger charge is -2.26. The van der Waals surface area contributed by atoms with Gasteiger partial charge in [-0.25, -0.2) is 0 Å². The molecule has 2 aromatic carbocycles. The molecule has 0 spiro atoms. The van der Waals surface area contributed by atoms with Crippen molar-refractivity contribution in [2.45, 2.75) is 46.6 Å². The Kier molecular flexibility index (Phi) is 4.21. The molecule has 0 fully saturated rings. The van der Waals surface area contributed by atoms with Crippen molar-refractivity contribution in [3.05, 3.63) is 39.6 Å². The van der Waals surface area contributed by atoms with Crippen LogP contribution in [0.5, 0.6) is 5.75 Å². The highest BCUT2D eigenvalue weighted by atomic mass is 32.1. The van der Waals surface area contributed by atoms with Gasteiger partial charge in [-0.15, -0.1) is 22.7 Å². The summed E-state index contributed by atoms with van der Waals surface area (Å²) in [7, 11) is -1.97. The van der Waals surface area contributed by atoms with Gasteiger partial charge < -0.3 is 9.84 Å². The standard InChI is InChI=1S/C26H28O2S2Si2/c1-13-8-19-23(29-13)21-15(12-27)10-16-17(25(21)31(19,4)5)11-18(28-3)22-24-20(9-14(2)30-24)32(6,7)26(16)22/h8-11,27H,12H2,1-7H3. The normalized spacial score (nSPS) is 16.8. The van der Waals surface area contributed by atoms with Crippen LogP contribution < -0.4 is 25.5 Å². The maximum atomic E-state index is 10.5. The summed E-state index contributed by atoms with van der Waals surface area (Å²) in [5, 5.41) is 19.3. The maximum absolute atomic E-state index is 10.5. The molecule has 0 amide bonds. The summed E-state index contributed by atoms with van der Waals surface area (Å²) < 4.78 is 6.08. The van der Waals surface area contributed by atoms with Gasteiger partial charge in [0.25, 0.3) is 0 Å². The molecule has 0 radical (unpaired) electrons. The number of rotatable bonds is 2. The highest BCUT2D eigenvalue weighted by Crippen LogP contribution is 2.45. The highest BCUT2D eigenvalue weighted by Gasteiger charge is 2.46. The molecule has 6 heteroatoms. The first kappa shape index (κ1) is 20.9. The van der Waals surface area contributed by atoms with Crippen LogP contribution in [0.2, 0.25) is 26.2 Å². The largest absolute Gasteiger partial charge is 0.496 e. The van der Waals surface area contributed by atoms with Gasteiger partial charge in [0.05, 0.1) is 13.7 Å². The van der Waals surface area contributed by atoms with Crippen molar-refractivity contribution in [3.8, 4) is 26.6 Å². The summed E-state index contributed by atoms with van der Waals surface area (Å²) in [6, 6.07) is 9.46. The van der Waals surface area contributed by atoms with E-state index in [1.807, 2.05) is 29.8 Å². The summed E-state index contributed by atoms with van der Waals surface area (Å²) in [6.45, 7) is 14.4. The average Bonchev–Trinajstić information content (AvgIpc) is 3.42. The fourth-order valence-electron chi connectivity index (χ4n) is 6.24. The van der Waals surface area contributed by atoms with Gasteiger partial charge in [-0.1, -0.05) is 26.2 Å². The number of thiophene rings is 2. The topological polar surface area (TPSA) is 29.5 Å². The van der Waals surface area contributed by atoms with E-state index >= 15 is 0 Å². The van der Waals surface area contributed by atoms with Crippen molar-refractivity contribution in [2.75, 3.05) is 7.11 Å². The van der Waals surface area contributed by atoms with E-state index in [-0.39, 0.29) is 6.61 Å². The number of aliphatic hydroxyl groups excluding tert-OH is 1. The number of aryl methyl sites for hydroxylation is 2. The Balaban J connectivity index is 1.82. The lowest BCUT2D eigenvalue weighted by molar-refractivity contribution is 0.282. The second kappa shape index (κ2) is 6.45. The molecular formula is C26H28O2S2Si2. The van der Waals surface area contributed by atoms with Crippen LogP contribution in [-0.2, 0) is 6.61 Å². The van der Waals surface area contributed by atoms with Crippen molar-refractivity contribution in [1.82, 2.24) is 0 Å². The van der Waals surface area contributed by atoms with Crippen LogP contribution in [0.3, 0.4) is 0 Å². The minimum atomic E-state index is -1.90. The minimum absolute atomic E-state index is 0.0861. The van der Waals surface area contributed by atoms with E-state index in [1.54, 1.807) is 0 Å². The molecule has 0 atom stereocenters. The van der Waals surface area contributed by atoms with Crippen molar-refractivity contribution in [1.29, 1.82) is 0 Å². The highest BCUT2D eigenvalue weighted by molar-refractivity contribution is 7.22. The second-order valence-corrected chi connectivity index (χ2v) is 21.4. The molecule has 6 rings (SSSR count). The van der Waals surface area contributed by atoms with E-state index in [0.717, 1.165) is 11.3 Å². The fraction of sp³-hybridized carbons (Fsp3) is 0.308. The Morgan fingerprint density at radius 3 is 1.81 bits per heavy atom. The minimum Gasteiger partial charge on any atom is -0.496 e. The van der Waals surface area contributed by atoms with Crippen molar-refractivity contribution in [3.63, 3.8) is 0 Å². The van der Waals surface area contributed by atoms with Crippen LogP contribution in [0.25, 0.3) is 31.7 Å². The molecule has 2 nitrogen and oxygen atoms in total. The third-order valence-corrected chi connectivity index (χ3v) is 17.2. The van der Waals surface area contributed by atoms with Gasteiger partial charge in [0.15, 0.2) is 0 Å². The number of benzene rings is 2. The van der Waals surface area contributed by atoms with Crippen molar-refractivity contribution >= 4 is 70.3 Å². The van der Waals surface area contributed by atoms with E-state index in [1.165, 1.54) is 62.2 Å². The first-order valence-corrected chi connectivity index (χ1v) is 18.8. The van der Waals surface area contributed by atoms with Gasteiger partial charge in [0, 0.05) is 25.1 Å². The number of hydrogen-bond acceptors (Lipinski definition) is 4. The number of fused-ring (bicyclic) bond motifs is 9. The summed E-state index contributed by atoms with van der Waals surface area (Å²) in [4.78, 5) is 5.54. The number of methoxy groups -OCH3 is 1. The van der Waals surface area contributed by atoms with Gasteiger partial charge in [-0.05, 0) is 80.8 Å². The molecule has 0 unspecified atom stereocenters. The zero-order valence-corrected chi connectivity index (χ0v) is 23.3. The zero-order valence-electron chi connectivity index (χ0n) is 19.7. The molecule has 1 N–H and O–H groups in total. The predicted octanol–water partition coefficient (Wildman–Crippen LogP) is 4.69. The van der Waals surface area contributed by atoms with Crippen LogP contribution in [0.4, 0.5) is 0 Å². The van der Waals surface area contributed by atoms with E-state index in [4.69, 9.17) is 4.74 Å². The molecule has 2 aliphatic heterocycles. The van der Waals surface area contributed by atoms with Gasteiger partial charge >= 0.3 is 0 Å². The predicted molar refractivity (Wildman–Crippen MR) is 146 cm³/mol. The van der Waals surface area contributed by atoms with Crippen LogP contribution in [0.1, 0.15) is 15.3 Å². The summed E-state index contributed by atoms with van der Waals surface area (Å²) in [5.74, 6) is 1.02. The van der Waals surface area contributed by atoms with Crippen LogP contribution in [0.15, 0.2) is 24.3 Å². The molecule has 0 aliphatic carbocycles. The third-order valence-electron chi connectivity index (χ3n) is 7.64.